The average molecular weight is 339 g/mol. The zero-order chi connectivity index (χ0) is 17.2. The lowest BCUT2D eigenvalue weighted by molar-refractivity contribution is -0.144. The number of aliphatic carboxylic acids is 2. The number of benzene rings is 1. The summed E-state index contributed by atoms with van der Waals surface area (Å²) in [7, 11) is 0. The van der Waals surface area contributed by atoms with Gasteiger partial charge in [0, 0.05) is 0 Å². The van der Waals surface area contributed by atoms with Gasteiger partial charge in [0.15, 0.2) is 0 Å². The Bertz CT molecular complexity index is 535. The number of rotatable bonds is 10. The van der Waals surface area contributed by atoms with Crippen LogP contribution >= 0.6 is 11.8 Å². The van der Waals surface area contributed by atoms with Gasteiger partial charge in [-0.2, -0.15) is 11.8 Å². The first kappa shape index (κ1) is 19.0. The number of carboxylic acid groups (broad SMARTS) is 2. The van der Waals surface area contributed by atoms with Crippen LogP contribution in [0.1, 0.15) is 18.4 Å². The minimum Gasteiger partial charge on any atom is -0.481 e. The van der Waals surface area contributed by atoms with Gasteiger partial charge in [-0.05, 0) is 30.4 Å². The van der Waals surface area contributed by atoms with E-state index >= 15 is 0 Å². The number of carbonyl (C=O) groups is 3. The highest BCUT2D eigenvalue weighted by molar-refractivity contribution is 7.98. The van der Waals surface area contributed by atoms with Crippen molar-refractivity contribution in [3.8, 4) is 0 Å². The molecule has 1 aromatic rings. The zero-order valence-electron chi connectivity index (χ0n) is 12.9. The summed E-state index contributed by atoms with van der Waals surface area (Å²) in [6, 6.07) is 8.07. The van der Waals surface area contributed by atoms with Crippen molar-refractivity contribution < 1.29 is 24.6 Å². The molecule has 1 rings (SSSR count). The predicted molar refractivity (Wildman–Crippen MR) is 88.5 cm³/mol. The normalized spacial score (nSPS) is 13.1. The third-order valence-corrected chi connectivity index (χ3v) is 3.99. The van der Waals surface area contributed by atoms with E-state index in [9.17, 15) is 14.4 Å². The standard InChI is InChI=1S/C16H21NO5S/c1-23-8-7-13(16(21)22)17-15(20)12(10-14(18)19)9-11-5-3-2-4-6-11/h2-6,12-13H,7-10H2,1H3,(H,17,20)(H,18,19)(H,21,22)/t12?,13-/m1/s1. The van der Waals surface area contributed by atoms with E-state index in [0.717, 1.165) is 5.56 Å². The summed E-state index contributed by atoms with van der Waals surface area (Å²) >= 11 is 1.49. The lowest BCUT2D eigenvalue weighted by Gasteiger charge is -2.19. The van der Waals surface area contributed by atoms with Crippen LogP contribution in [0.15, 0.2) is 30.3 Å². The van der Waals surface area contributed by atoms with Crippen molar-refractivity contribution in [1.82, 2.24) is 5.32 Å². The van der Waals surface area contributed by atoms with E-state index in [2.05, 4.69) is 5.32 Å². The summed E-state index contributed by atoms with van der Waals surface area (Å²) in [5.74, 6) is -2.94. The minimum absolute atomic E-state index is 0.258. The van der Waals surface area contributed by atoms with Gasteiger partial charge in [0.25, 0.3) is 0 Å². The summed E-state index contributed by atoms with van der Waals surface area (Å²) in [5, 5.41) is 20.6. The fraction of sp³-hybridized carbons (Fsp3) is 0.438. The van der Waals surface area contributed by atoms with Crippen LogP contribution in [0, 0.1) is 5.92 Å². The van der Waals surface area contributed by atoms with Gasteiger partial charge in [-0.25, -0.2) is 4.79 Å². The van der Waals surface area contributed by atoms with E-state index in [1.807, 2.05) is 36.6 Å². The van der Waals surface area contributed by atoms with Gasteiger partial charge < -0.3 is 15.5 Å². The Balaban J connectivity index is 2.77. The topological polar surface area (TPSA) is 104 Å². The van der Waals surface area contributed by atoms with Gasteiger partial charge in [0.2, 0.25) is 5.91 Å². The molecule has 1 aromatic carbocycles. The molecule has 1 amide bonds. The van der Waals surface area contributed by atoms with Crippen LogP contribution < -0.4 is 5.32 Å². The second-order valence-electron chi connectivity index (χ2n) is 5.17. The largest absolute Gasteiger partial charge is 0.481 e. The molecule has 0 aromatic heterocycles. The molecule has 3 N–H and O–H groups in total. The van der Waals surface area contributed by atoms with E-state index < -0.39 is 29.8 Å². The summed E-state index contributed by atoms with van der Waals surface area (Å²) < 4.78 is 0. The molecule has 2 atom stereocenters. The van der Waals surface area contributed by atoms with Gasteiger partial charge in [0.05, 0.1) is 12.3 Å². The average Bonchev–Trinajstić information content (AvgIpc) is 2.50. The number of hydrogen-bond acceptors (Lipinski definition) is 4. The Morgan fingerprint density at radius 1 is 1.17 bits per heavy atom. The number of carbonyl (C=O) groups excluding carboxylic acids is 1. The zero-order valence-corrected chi connectivity index (χ0v) is 13.7. The number of carboxylic acids is 2. The molecule has 0 saturated heterocycles. The highest BCUT2D eigenvalue weighted by Gasteiger charge is 2.27. The van der Waals surface area contributed by atoms with E-state index in [1.54, 1.807) is 0 Å². The Morgan fingerprint density at radius 2 is 1.83 bits per heavy atom. The molecule has 0 spiro atoms. The van der Waals surface area contributed by atoms with Gasteiger partial charge in [-0.3, -0.25) is 9.59 Å². The molecule has 0 radical (unpaired) electrons. The molecule has 7 heteroatoms. The van der Waals surface area contributed by atoms with Crippen LogP contribution in [0.5, 0.6) is 0 Å². The van der Waals surface area contributed by atoms with Crippen molar-refractivity contribution in [2.75, 3.05) is 12.0 Å². The third kappa shape index (κ3) is 7.19. The smallest absolute Gasteiger partial charge is 0.326 e. The molecule has 0 aliphatic rings. The SMILES string of the molecule is CSCC[C@@H](NC(=O)C(CC(=O)O)Cc1ccccc1)C(=O)O. The molecule has 0 aliphatic heterocycles. The van der Waals surface area contributed by atoms with Crippen LogP contribution in [-0.4, -0.2) is 46.1 Å². The van der Waals surface area contributed by atoms with Gasteiger partial charge in [0.1, 0.15) is 6.04 Å². The maximum Gasteiger partial charge on any atom is 0.326 e. The second-order valence-corrected chi connectivity index (χ2v) is 6.15. The Hall–Kier alpha value is -2.02. The van der Waals surface area contributed by atoms with Crippen LogP contribution in [0.2, 0.25) is 0 Å². The number of thioether (sulfide) groups is 1. The van der Waals surface area contributed by atoms with Crippen molar-refractivity contribution in [1.29, 1.82) is 0 Å². The highest BCUT2D eigenvalue weighted by Crippen LogP contribution is 2.14. The fourth-order valence-corrected chi connectivity index (χ4v) is 2.62. The molecular formula is C16H21NO5S. The Morgan fingerprint density at radius 3 is 2.35 bits per heavy atom. The summed E-state index contributed by atoms with van der Waals surface area (Å²) in [6.45, 7) is 0. The summed E-state index contributed by atoms with van der Waals surface area (Å²) in [6.07, 6.45) is 2.07. The molecule has 1 unspecified atom stereocenters. The number of nitrogens with one attached hydrogen (secondary N) is 1. The van der Waals surface area contributed by atoms with Gasteiger partial charge in [-0.15, -0.1) is 0 Å². The maximum absolute atomic E-state index is 12.3. The number of amides is 1. The quantitative estimate of drug-likeness (QED) is 0.599. The first-order valence-electron chi connectivity index (χ1n) is 7.22. The lowest BCUT2D eigenvalue weighted by atomic mass is 9.95. The van der Waals surface area contributed by atoms with Crippen molar-refractivity contribution >= 4 is 29.6 Å². The summed E-state index contributed by atoms with van der Waals surface area (Å²) in [4.78, 5) is 34.5. The predicted octanol–water partition coefficient (Wildman–Crippen LogP) is 1.64. The second kappa shape index (κ2) is 9.89. The monoisotopic (exact) mass is 339 g/mol. The van der Waals surface area contributed by atoms with E-state index in [1.165, 1.54) is 11.8 Å². The highest BCUT2D eigenvalue weighted by atomic mass is 32.2. The van der Waals surface area contributed by atoms with Crippen LogP contribution in [0.4, 0.5) is 0 Å². The van der Waals surface area contributed by atoms with Crippen molar-refractivity contribution in [2.45, 2.75) is 25.3 Å². The van der Waals surface area contributed by atoms with Gasteiger partial charge >= 0.3 is 11.9 Å². The van der Waals surface area contributed by atoms with Gasteiger partial charge in [-0.1, -0.05) is 30.3 Å². The molecule has 126 valence electrons. The van der Waals surface area contributed by atoms with E-state index in [4.69, 9.17) is 10.2 Å². The molecule has 6 nitrogen and oxygen atoms in total. The Labute approximate surface area is 139 Å². The first-order valence-corrected chi connectivity index (χ1v) is 8.61. The third-order valence-electron chi connectivity index (χ3n) is 3.34. The lowest BCUT2D eigenvalue weighted by Crippen LogP contribution is -2.44. The van der Waals surface area contributed by atoms with Crippen LogP contribution in [-0.2, 0) is 20.8 Å². The van der Waals surface area contributed by atoms with Crippen LogP contribution in [0.25, 0.3) is 0 Å². The van der Waals surface area contributed by atoms with Crippen molar-refractivity contribution in [3.05, 3.63) is 35.9 Å². The van der Waals surface area contributed by atoms with E-state index in [0.29, 0.717) is 12.2 Å². The molecule has 23 heavy (non-hydrogen) atoms. The molecular weight excluding hydrogens is 318 g/mol. The minimum atomic E-state index is -1.11. The van der Waals surface area contributed by atoms with E-state index in [-0.39, 0.29) is 12.8 Å². The summed E-state index contributed by atoms with van der Waals surface area (Å²) in [5.41, 5.74) is 0.838. The van der Waals surface area contributed by atoms with Crippen molar-refractivity contribution in [3.63, 3.8) is 0 Å². The molecule has 0 heterocycles. The Kier molecular flexibility index (Phi) is 8.18. The fourth-order valence-electron chi connectivity index (χ4n) is 2.15. The molecule has 0 fully saturated rings. The van der Waals surface area contributed by atoms with Crippen molar-refractivity contribution in [2.24, 2.45) is 5.92 Å². The molecule has 0 saturated carbocycles. The van der Waals surface area contributed by atoms with Crippen LogP contribution in [0.3, 0.4) is 0 Å². The molecule has 0 aliphatic carbocycles. The number of hydrogen-bond donors (Lipinski definition) is 3. The first-order chi connectivity index (χ1) is 10.9. The molecule has 0 bridgehead atoms. The maximum atomic E-state index is 12.3.